The topological polar surface area (TPSA) is 34.9 Å². The summed E-state index contributed by atoms with van der Waals surface area (Å²) in [6.45, 7) is 0. The van der Waals surface area contributed by atoms with E-state index >= 15 is 0 Å². The lowest BCUT2D eigenvalue weighted by Gasteiger charge is -2.05. The maximum atomic E-state index is 12.3. The third kappa shape index (κ3) is 2.73. The Morgan fingerprint density at radius 3 is 2.71 bits per heavy atom. The number of fused-ring (bicyclic) bond motifs is 1. The molecule has 4 heteroatoms. The molecule has 0 radical (unpaired) electrons. The van der Waals surface area contributed by atoms with Crippen LogP contribution in [0.25, 0.3) is 23.2 Å². The summed E-state index contributed by atoms with van der Waals surface area (Å²) in [5, 5.41) is 0.663. The van der Waals surface area contributed by atoms with Gasteiger partial charge in [0.2, 0.25) is 0 Å². The van der Waals surface area contributed by atoms with Gasteiger partial charge in [0.05, 0.1) is 11.0 Å². The van der Waals surface area contributed by atoms with Crippen LogP contribution in [0.15, 0.2) is 53.3 Å². The first-order valence-corrected chi connectivity index (χ1v) is 6.92. The molecule has 0 spiro atoms. The first kappa shape index (κ1) is 13.6. The summed E-state index contributed by atoms with van der Waals surface area (Å²) in [5.41, 5.74) is 2.84. The third-order valence-electron chi connectivity index (χ3n) is 3.29. The van der Waals surface area contributed by atoms with Gasteiger partial charge in [0.1, 0.15) is 5.69 Å². The van der Waals surface area contributed by atoms with Crippen molar-refractivity contribution in [2.24, 2.45) is 7.05 Å². The standard InChI is InChI=1S/C17H13ClN2O/c1-20-16-8-3-2-7-14(16)19-15(17(20)21)10-9-12-5-4-6-13(18)11-12/h2-11H,1H3/b10-9-. The van der Waals surface area contributed by atoms with Crippen LogP contribution in [0.1, 0.15) is 11.3 Å². The van der Waals surface area contributed by atoms with Gasteiger partial charge >= 0.3 is 0 Å². The number of benzene rings is 2. The van der Waals surface area contributed by atoms with Crippen LogP contribution >= 0.6 is 11.6 Å². The summed E-state index contributed by atoms with van der Waals surface area (Å²) >= 11 is 5.95. The molecular weight excluding hydrogens is 284 g/mol. The van der Waals surface area contributed by atoms with E-state index in [9.17, 15) is 4.79 Å². The highest BCUT2D eigenvalue weighted by Gasteiger charge is 2.05. The zero-order chi connectivity index (χ0) is 14.8. The van der Waals surface area contributed by atoms with Crippen LogP contribution in [-0.4, -0.2) is 9.55 Å². The molecule has 0 aliphatic carbocycles. The van der Waals surface area contributed by atoms with Gasteiger partial charge in [-0.25, -0.2) is 4.98 Å². The highest BCUT2D eigenvalue weighted by atomic mass is 35.5. The molecule has 0 amide bonds. The molecule has 104 valence electrons. The van der Waals surface area contributed by atoms with Gasteiger partial charge in [0.25, 0.3) is 5.56 Å². The summed E-state index contributed by atoms with van der Waals surface area (Å²) < 4.78 is 1.61. The number of hydrogen-bond acceptors (Lipinski definition) is 2. The second-order valence-electron chi connectivity index (χ2n) is 4.74. The average molecular weight is 297 g/mol. The van der Waals surface area contributed by atoms with Crippen molar-refractivity contribution in [3.63, 3.8) is 0 Å². The Kier molecular flexibility index (Phi) is 3.59. The monoisotopic (exact) mass is 296 g/mol. The number of para-hydroxylation sites is 2. The Labute approximate surface area is 127 Å². The van der Waals surface area contributed by atoms with Crippen LogP contribution in [-0.2, 0) is 7.05 Å². The van der Waals surface area contributed by atoms with Crippen LogP contribution in [0.4, 0.5) is 0 Å². The molecule has 2 aromatic carbocycles. The lowest BCUT2D eigenvalue weighted by molar-refractivity contribution is 0.887. The summed E-state index contributed by atoms with van der Waals surface area (Å²) in [5.74, 6) is 0. The fourth-order valence-corrected chi connectivity index (χ4v) is 2.39. The highest BCUT2D eigenvalue weighted by molar-refractivity contribution is 6.30. The molecule has 0 saturated heterocycles. The van der Waals surface area contributed by atoms with E-state index in [-0.39, 0.29) is 5.56 Å². The largest absolute Gasteiger partial charge is 0.308 e. The Morgan fingerprint density at radius 2 is 1.90 bits per heavy atom. The van der Waals surface area contributed by atoms with Gasteiger partial charge in [-0.15, -0.1) is 0 Å². The fraction of sp³-hybridized carbons (Fsp3) is 0.0588. The first-order chi connectivity index (χ1) is 10.1. The van der Waals surface area contributed by atoms with Crippen molar-refractivity contribution in [1.82, 2.24) is 9.55 Å². The van der Waals surface area contributed by atoms with E-state index in [1.165, 1.54) is 0 Å². The Morgan fingerprint density at radius 1 is 1.10 bits per heavy atom. The second-order valence-corrected chi connectivity index (χ2v) is 5.17. The Bertz CT molecular complexity index is 897. The van der Waals surface area contributed by atoms with Crippen LogP contribution in [0.5, 0.6) is 0 Å². The van der Waals surface area contributed by atoms with Gasteiger partial charge in [-0.05, 0) is 35.9 Å². The fourth-order valence-electron chi connectivity index (χ4n) is 2.20. The van der Waals surface area contributed by atoms with Crippen LogP contribution in [0.2, 0.25) is 5.02 Å². The van der Waals surface area contributed by atoms with E-state index in [0.29, 0.717) is 10.7 Å². The van der Waals surface area contributed by atoms with Crippen molar-refractivity contribution in [2.45, 2.75) is 0 Å². The quantitative estimate of drug-likeness (QED) is 0.722. The van der Waals surface area contributed by atoms with Gasteiger partial charge in [0.15, 0.2) is 0 Å². The van der Waals surface area contributed by atoms with Crippen molar-refractivity contribution in [2.75, 3.05) is 0 Å². The van der Waals surface area contributed by atoms with Crippen LogP contribution in [0.3, 0.4) is 0 Å². The number of nitrogens with zero attached hydrogens (tertiary/aromatic N) is 2. The zero-order valence-corrected chi connectivity index (χ0v) is 12.2. The predicted octanol–water partition coefficient (Wildman–Crippen LogP) is 3.76. The molecule has 0 N–H and O–H groups in total. The number of aromatic nitrogens is 2. The normalized spacial score (nSPS) is 11.3. The molecule has 0 atom stereocenters. The minimum Gasteiger partial charge on any atom is -0.308 e. The Balaban J connectivity index is 2.09. The van der Waals surface area contributed by atoms with E-state index in [0.717, 1.165) is 16.6 Å². The molecule has 21 heavy (non-hydrogen) atoms. The van der Waals surface area contributed by atoms with E-state index in [1.54, 1.807) is 17.7 Å². The van der Waals surface area contributed by atoms with Crippen molar-refractivity contribution in [3.8, 4) is 0 Å². The number of halogens is 1. The summed E-state index contributed by atoms with van der Waals surface area (Å²) in [6.07, 6.45) is 3.56. The Hall–Kier alpha value is -2.39. The SMILES string of the molecule is Cn1c(=O)c(/C=C\c2cccc(Cl)c2)nc2ccccc21. The van der Waals surface area contributed by atoms with Gasteiger partial charge < -0.3 is 4.57 Å². The molecule has 0 fully saturated rings. The molecule has 0 saturated carbocycles. The van der Waals surface area contributed by atoms with Crippen LogP contribution in [0, 0.1) is 0 Å². The third-order valence-corrected chi connectivity index (χ3v) is 3.53. The van der Waals surface area contributed by atoms with Crippen molar-refractivity contribution in [1.29, 1.82) is 0 Å². The van der Waals surface area contributed by atoms with E-state index in [1.807, 2.05) is 54.6 Å². The molecule has 3 rings (SSSR count). The van der Waals surface area contributed by atoms with E-state index in [4.69, 9.17) is 11.6 Å². The van der Waals surface area contributed by atoms with Crippen molar-refractivity contribution < 1.29 is 0 Å². The maximum Gasteiger partial charge on any atom is 0.276 e. The molecule has 0 bridgehead atoms. The van der Waals surface area contributed by atoms with Crippen LogP contribution < -0.4 is 5.56 Å². The average Bonchev–Trinajstić information content (AvgIpc) is 2.50. The van der Waals surface area contributed by atoms with Gasteiger partial charge in [-0.2, -0.15) is 0 Å². The minimum atomic E-state index is -0.119. The molecule has 3 nitrogen and oxygen atoms in total. The van der Waals surface area contributed by atoms with Gasteiger partial charge in [-0.1, -0.05) is 41.9 Å². The summed E-state index contributed by atoms with van der Waals surface area (Å²) in [7, 11) is 1.75. The molecule has 1 aromatic heterocycles. The number of aryl methyl sites for hydroxylation is 1. The maximum absolute atomic E-state index is 12.3. The summed E-state index contributed by atoms with van der Waals surface area (Å²) in [6, 6.07) is 15.0. The first-order valence-electron chi connectivity index (χ1n) is 6.54. The second kappa shape index (κ2) is 5.54. The molecule has 0 unspecified atom stereocenters. The highest BCUT2D eigenvalue weighted by Crippen LogP contribution is 2.14. The van der Waals surface area contributed by atoms with Gasteiger partial charge in [0, 0.05) is 12.1 Å². The van der Waals surface area contributed by atoms with E-state index < -0.39 is 0 Å². The molecule has 0 aliphatic rings. The van der Waals surface area contributed by atoms with Crippen molar-refractivity contribution >= 4 is 34.8 Å². The number of hydrogen-bond donors (Lipinski definition) is 0. The summed E-state index contributed by atoms with van der Waals surface area (Å²) in [4.78, 5) is 16.7. The lowest BCUT2D eigenvalue weighted by Crippen LogP contribution is -2.21. The lowest BCUT2D eigenvalue weighted by atomic mass is 10.2. The van der Waals surface area contributed by atoms with Crippen molar-refractivity contribution in [3.05, 3.63) is 75.2 Å². The minimum absolute atomic E-state index is 0.119. The molecule has 0 aliphatic heterocycles. The smallest absolute Gasteiger partial charge is 0.276 e. The molecule has 3 aromatic rings. The number of rotatable bonds is 2. The van der Waals surface area contributed by atoms with E-state index in [2.05, 4.69) is 4.98 Å². The molecular formula is C17H13ClN2O. The predicted molar refractivity (Wildman–Crippen MR) is 87.4 cm³/mol. The zero-order valence-electron chi connectivity index (χ0n) is 11.5. The van der Waals surface area contributed by atoms with Gasteiger partial charge in [-0.3, -0.25) is 4.79 Å². The molecule has 1 heterocycles.